The summed E-state index contributed by atoms with van der Waals surface area (Å²) in [5.74, 6) is -1.51. The topological polar surface area (TPSA) is 110 Å². The number of fused-ring (bicyclic) bond motifs is 1. The van der Waals surface area contributed by atoms with E-state index in [4.69, 9.17) is 0 Å². The molecule has 0 radical (unpaired) electrons. The van der Waals surface area contributed by atoms with Gasteiger partial charge in [-0.2, -0.15) is 4.68 Å². The van der Waals surface area contributed by atoms with Crippen LogP contribution in [0.15, 0.2) is 66.7 Å². The number of benzene rings is 3. The average Bonchev–Trinajstić information content (AvgIpc) is 3.40. The van der Waals surface area contributed by atoms with Crippen LogP contribution in [-0.4, -0.2) is 49.4 Å². The molecule has 3 aromatic carbocycles. The SMILES string of the molecule is Cc1nnnn1-c1cc(NC(=O)c2ccc3c(c2)C(=O)N(CCc2ccccc2)C3=O)ccc1F. The molecule has 9 nitrogen and oxygen atoms in total. The lowest BCUT2D eigenvalue weighted by molar-refractivity contribution is 0.0656. The Morgan fingerprint density at radius 3 is 2.49 bits per heavy atom. The number of tetrazole rings is 1. The van der Waals surface area contributed by atoms with Crippen molar-refractivity contribution in [2.24, 2.45) is 0 Å². The monoisotopic (exact) mass is 470 g/mol. The number of aryl methyl sites for hydroxylation is 1. The number of anilines is 1. The normalized spacial score (nSPS) is 12.7. The molecule has 10 heteroatoms. The molecule has 35 heavy (non-hydrogen) atoms. The average molecular weight is 470 g/mol. The number of amides is 3. The van der Waals surface area contributed by atoms with E-state index >= 15 is 0 Å². The van der Waals surface area contributed by atoms with E-state index in [1.807, 2.05) is 30.3 Å². The van der Waals surface area contributed by atoms with Gasteiger partial charge in [0.2, 0.25) is 0 Å². The summed E-state index contributed by atoms with van der Waals surface area (Å²) in [6.45, 7) is 1.86. The highest BCUT2D eigenvalue weighted by molar-refractivity contribution is 6.22. The van der Waals surface area contributed by atoms with Crippen molar-refractivity contribution in [1.82, 2.24) is 25.1 Å². The molecule has 0 spiro atoms. The van der Waals surface area contributed by atoms with Crippen LogP contribution in [0.5, 0.6) is 0 Å². The van der Waals surface area contributed by atoms with Crippen molar-refractivity contribution in [3.63, 3.8) is 0 Å². The molecule has 0 unspecified atom stereocenters. The van der Waals surface area contributed by atoms with E-state index in [1.54, 1.807) is 6.92 Å². The quantitative estimate of drug-likeness (QED) is 0.434. The van der Waals surface area contributed by atoms with Crippen LogP contribution in [0.25, 0.3) is 5.69 Å². The minimum absolute atomic E-state index is 0.0779. The van der Waals surface area contributed by atoms with Crippen LogP contribution in [0.3, 0.4) is 0 Å². The molecule has 1 N–H and O–H groups in total. The smallest absolute Gasteiger partial charge is 0.261 e. The minimum atomic E-state index is -0.560. The summed E-state index contributed by atoms with van der Waals surface area (Å²) in [4.78, 5) is 39.8. The summed E-state index contributed by atoms with van der Waals surface area (Å²) in [6.07, 6.45) is 0.535. The van der Waals surface area contributed by atoms with Crippen molar-refractivity contribution >= 4 is 23.4 Å². The molecule has 0 saturated carbocycles. The molecule has 5 rings (SSSR count). The van der Waals surface area contributed by atoms with Gasteiger partial charge in [0.15, 0.2) is 5.82 Å². The predicted octanol–water partition coefficient (Wildman–Crippen LogP) is 3.20. The molecule has 1 aliphatic rings. The zero-order chi connectivity index (χ0) is 24.5. The van der Waals surface area contributed by atoms with E-state index < -0.39 is 17.6 Å². The number of carbonyl (C=O) groups is 3. The van der Waals surface area contributed by atoms with Crippen molar-refractivity contribution < 1.29 is 18.8 Å². The number of nitrogens with zero attached hydrogens (tertiary/aromatic N) is 5. The third kappa shape index (κ3) is 4.17. The summed E-state index contributed by atoms with van der Waals surface area (Å²) in [5.41, 5.74) is 2.04. The minimum Gasteiger partial charge on any atom is -0.322 e. The van der Waals surface area contributed by atoms with E-state index in [-0.39, 0.29) is 34.8 Å². The molecule has 1 aliphatic heterocycles. The Balaban J connectivity index is 1.34. The number of halogens is 1. The van der Waals surface area contributed by atoms with E-state index in [0.717, 1.165) is 5.56 Å². The highest BCUT2D eigenvalue weighted by Crippen LogP contribution is 2.25. The Morgan fingerprint density at radius 2 is 1.74 bits per heavy atom. The van der Waals surface area contributed by atoms with Gasteiger partial charge in [0.25, 0.3) is 17.7 Å². The predicted molar refractivity (Wildman–Crippen MR) is 124 cm³/mol. The van der Waals surface area contributed by atoms with E-state index in [2.05, 4.69) is 20.8 Å². The third-order valence-corrected chi connectivity index (χ3v) is 5.76. The van der Waals surface area contributed by atoms with Gasteiger partial charge in [-0.15, -0.1) is 5.10 Å². The number of hydrogen-bond acceptors (Lipinski definition) is 6. The van der Waals surface area contributed by atoms with Gasteiger partial charge in [-0.05, 0) is 65.7 Å². The third-order valence-electron chi connectivity index (χ3n) is 5.76. The Hall–Kier alpha value is -4.73. The first kappa shape index (κ1) is 22.1. The number of hydrogen-bond donors (Lipinski definition) is 1. The lowest BCUT2D eigenvalue weighted by atomic mass is 10.1. The molecular formula is C25H19FN6O3. The first-order valence-electron chi connectivity index (χ1n) is 10.8. The van der Waals surface area contributed by atoms with Gasteiger partial charge < -0.3 is 5.32 Å². The fourth-order valence-corrected chi connectivity index (χ4v) is 3.93. The van der Waals surface area contributed by atoms with Crippen molar-refractivity contribution in [1.29, 1.82) is 0 Å². The fourth-order valence-electron chi connectivity index (χ4n) is 3.93. The zero-order valence-corrected chi connectivity index (χ0v) is 18.6. The van der Waals surface area contributed by atoms with E-state index in [1.165, 1.54) is 46.0 Å². The zero-order valence-electron chi connectivity index (χ0n) is 18.6. The summed E-state index contributed by atoms with van der Waals surface area (Å²) < 4.78 is 15.5. The maximum Gasteiger partial charge on any atom is 0.261 e. The second kappa shape index (κ2) is 8.90. The highest BCUT2D eigenvalue weighted by atomic mass is 19.1. The lowest BCUT2D eigenvalue weighted by Crippen LogP contribution is -2.31. The van der Waals surface area contributed by atoms with Gasteiger partial charge in [-0.25, -0.2) is 4.39 Å². The molecule has 0 fully saturated rings. The van der Waals surface area contributed by atoms with Gasteiger partial charge >= 0.3 is 0 Å². The van der Waals surface area contributed by atoms with Crippen LogP contribution < -0.4 is 5.32 Å². The van der Waals surface area contributed by atoms with Gasteiger partial charge in [-0.1, -0.05) is 30.3 Å². The van der Waals surface area contributed by atoms with Crippen LogP contribution >= 0.6 is 0 Å². The van der Waals surface area contributed by atoms with Gasteiger partial charge in [0, 0.05) is 17.8 Å². The number of imide groups is 1. The van der Waals surface area contributed by atoms with Gasteiger partial charge in [-0.3, -0.25) is 19.3 Å². The van der Waals surface area contributed by atoms with Crippen LogP contribution in [0, 0.1) is 12.7 Å². The number of aromatic nitrogens is 4. The van der Waals surface area contributed by atoms with Crippen molar-refractivity contribution in [3.05, 3.63) is 101 Å². The van der Waals surface area contributed by atoms with E-state index in [0.29, 0.717) is 17.9 Å². The number of nitrogens with one attached hydrogen (secondary N) is 1. The number of rotatable bonds is 6. The Kier molecular flexibility index (Phi) is 5.61. The second-order valence-electron chi connectivity index (χ2n) is 8.02. The van der Waals surface area contributed by atoms with Gasteiger partial charge in [0.05, 0.1) is 11.1 Å². The molecule has 2 heterocycles. The Labute approximate surface area is 199 Å². The molecule has 1 aromatic heterocycles. The molecule has 0 bridgehead atoms. The summed E-state index contributed by atoms with van der Waals surface area (Å²) >= 11 is 0. The maximum atomic E-state index is 14.3. The van der Waals surface area contributed by atoms with Crippen molar-refractivity contribution in [2.75, 3.05) is 11.9 Å². The van der Waals surface area contributed by atoms with Crippen LogP contribution in [0.4, 0.5) is 10.1 Å². The van der Waals surface area contributed by atoms with E-state index in [9.17, 15) is 18.8 Å². The number of carbonyl (C=O) groups excluding carboxylic acids is 3. The molecular weight excluding hydrogens is 451 g/mol. The summed E-state index contributed by atoms with van der Waals surface area (Å²) in [6, 6.07) is 17.9. The molecule has 0 saturated heterocycles. The molecule has 3 amide bonds. The summed E-state index contributed by atoms with van der Waals surface area (Å²) in [5, 5.41) is 13.7. The fraction of sp³-hybridized carbons (Fsp3) is 0.120. The van der Waals surface area contributed by atoms with Crippen molar-refractivity contribution in [3.8, 4) is 5.69 Å². The van der Waals surface area contributed by atoms with Crippen LogP contribution in [-0.2, 0) is 6.42 Å². The standard InChI is InChI=1S/C25H19FN6O3/c1-15-28-29-30-32(15)22-14-18(8-10-21(22)26)27-23(33)17-7-9-19-20(13-17)25(35)31(24(19)34)12-11-16-5-3-2-4-6-16/h2-10,13-14H,11-12H2,1H3,(H,27,33). The maximum absolute atomic E-state index is 14.3. The molecule has 0 atom stereocenters. The first-order chi connectivity index (χ1) is 16.9. The largest absolute Gasteiger partial charge is 0.322 e. The first-order valence-corrected chi connectivity index (χ1v) is 10.8. The molecule has 0 aliphatic carbocycles. The van der Waals surface area contributed by atoms with Crippen molar-refractivity contribution in [2.45, 2.75) is 13.3 Å². The second-order valence-corrected chi connectivity index (χ2v) is 8.02. The summed E-state index contributed by atoms with van der Waals surface area (Å²) in [7, 11) is 0. The lowest BCUT2D eigenvalue weighted by Gasteiger charge is -2.13. The van der Waals surface area contributed by atoms with Crippen LogP contribution in [0.2, 0.25) is 0 Å². The Morgan fingerprint density at radius 1 is 0.971 bits per heavy atom. The van der Waals surface area contributed by atoms with Crippen LogP contribution in [0.1, 0.15) is 42.5 Å². The highest BCUT2D eigenvalue weighted by Gasteiger charge is 2.35. The molecule has 4 aromatic rings. The van der Waals surface area contributed by atoms with Gasteiger partial charge in [0.1, 0.15) is 11.5 Å². The Bertz CT molecular complexity index is 1470. The molecule has 174 valence electrons.